The molecule has 1 aliphatic heterocycles. The Hall–Kier alpha value is -2.20. The lowest BCUT2D eigenvalue weighted by atomic mass is 10.0. The van der Waals surface area contributed by atoms with Gasteiger partial charge in [-0.15, -0.1) is 0 Å². The zero-order valence-electron chi connectivity index (χ0n) is 15.4. The fourth-order valence-electron chi connectivity index (χ4n) is 3.63. The summed E-state index contributed by atoms with van der Waals surface area (Å²) in [5, 5.41) is 0. The standard InChI is InChI=1S/C22H27FN2O/c1-18(23)22(26)25(20-10-6-3-7-11-20)21-13-16-24(17-14-21)15-12-19-8-4-2-5-9-19/h2-11,18,21H,12-17H2,1H3/i23-1. The van der Waals surface area contributed by atoms with Gasteiger partial charge >= 0.3 is 0 Å². The largest absolute Gasteiger partial charge is 0.307 e. The Morgan fingerprint density at radius 3 is 2.23 bits per heavy atom. The molecule has 1 atom stereocenters. The Morgan fingerprint density at radius 1 is 1.08 bits per heavy atom. The van der Waals surface area contributed by atoms with E-state index in [-0.39, 0.29) is 6.04 Å². The van der Waals surface area contributed by atoms with E-state index in [1.54, 1.807) is 4.90 Å². The van der Waals surface area contributed by atoms with Crippen molar-refractivity contribution in [3.63, 3.8) is 0 Å². The van der Waals surface area contributed by atoms with Crippen LogP contribution in [0.2, 0.25) is 0 Å². The number of halogens is 1. The third kappa shape index (κ3) is 4.70. The number of hydrogen-bond acceptors (Lipinski definition) is 2. The van der Waals surface area contributed by atoms with Crippen LogP contribution in [0.15, 0.2) is 60.7 Å². The van der Waals surface area contributed by atoms with Gasteiger partial charge in [0.05, 0.1) is 0 Å². The highest BCUT2D eigenvalue weighted by Crippen LogP contribution is 2.25. The second-order valence-corrected chi connectivity index (χ2v) is 6.97. The molecule has 4 heteroatoms. The maximum absolute atomic E-state index is 13.8. The minimum absolute atomic E-state index is 0.0658. The molecule has 0 spiro atoms. The number of alkyl halides is 1. The zero-order valence-corrected chi connectivity index (χ0v) is 15.4. The first-order valence-electron chi connectivity index (χ1n) is 9.43. The number of para-hydroxylation sites is 1. The molecule has 1 aliphatic rings. The number of nitrogens with zero attached hydrogens (tertiary/aromatic N) is 2. The monoisotopic (exact) mass is 353 g/mol. The molecular weight excluding hydrogens is 326 g/mol. The number of likely N-dealkylation sites (tertiary alicyclic amines) is 1. The Labute approximate surface area is 155 Å². The first-order valence-corrected chi connectivity index (χ1v) is 9.43. The second-order valence-electron chi connectivity index (χ2n) is 6.97. The summed E-state index contributed by atoms with van der Waals surface area (Å²) in [6.07, 6.45) is 1.31. The number of carbonyl (C=O) groups excluding carboxylic acids is 1. The first-order chi connectivity index (χ1) is 12.6. The number of amides is 1. The highest BCUT2D eigenvalue weighted by atomic mass is 18.2. The summed E-state index contributed by atoms with van der Waals surface area (Å²) in [5.74, 6) is -0.432. The summed E-state index contributed by atoms with van der Waals surface area (Å²) >= 11 is 0. The maximum atomic E-state index is 13.8. The molecular formula is C22H27FN2O. The van der Waals surface area contributed by atoms with E-state index in [0.29, 0.717) is 0 Å². The summed E-state index contributed by atoms with van der Waals surface area (Å²) in [6.45, 7) is 4.23. The molecule has 1 saturated heterocycles. The fraction of sp³-hybridized carbons (Fsp3) is 0.409. The lowest BCUT2D eigenvalue weighted by Crippen LogP contribution is -2.50. The van der Waals surface area contributed by atoms with Crippen molar-refractivity contribution in [3.8, 4) is 0 Å². The minimum Gasteiger partial charge on any atom is -0.307 e. The van der Waals surface area contributed by atoms with Crippen molar-refractivity contribution in [1.82, 2.24) is 4.90 Å². The van der Waals surface area contributed by atoms with Crippen molar-refractivity contribution in [3.05, 3.63) is 66.2 Å². The average molecular weight is 353 g/mol. The molecule has 1 fully saturated rings. The van der Waals surface area contributed by atoms with Gasteiger partial charge in [0.15, 0.2) is 6.17 Å². The van der Waals surface area contributed by atoms with Gasteiger partial charge in [0, 0.05) is 31.4 Å². The molecule has 3 rings (SSSR count). The van der Waals surface area contributed by atoms with Crippen molar-refractivity contribution >= 4 is 11.6 Å². The summed E-state index contributed by atoms with van der Waals surface area (Å²) in [7, 11) is 0. The smallest absolute Gasteiger partial charge is 0.261 e. The predicted octanol–water partition coefficient (Wildman–Crippen LogP) is 4.08. The fourth-order valence-corrected chi connectivity index (χ4v) is 3.63. The van der Waals surface area contributed by atoms with Crippen molar-refractivity contribution in [2.75, 3.05) is 24.5 Å². The van der Waals surface area contributed by atoms with Crippen molar-refractivity contribution < 1.29 is 9.18 Å². The molecule has 3 nitrogen and oxygen atoms in total. The number of hydrogen-bond donors (Lipinski definition) is 0. The molecule has 138 valence electrons. The van der Waals surface area contributed by atoms with Crippen LogP contribution < -0.4 is 4.90 Å². The van der Waals surface area contributed by atoms with E-state index >= 15 is 0 Å². The highest BCUT2D eigenvalue weighted by Gasteiger charge is 2.31. The van der Waals surface area contributed by atoms with E-state index in [1.165, 1.54) is 12.5 Å². The molecule has 0 saturated carbocycles. The van der Waals surface area contributed by atoms with Crippen LogP contribution in [-0.2, 0) is 11.2 Å². The van der Waals surface area contributed by atoms with Gasteiger partial charge < -0.3 is 9.80 Å². The van der Waals surface area contributed by atoms with Gasteiger partial charge in [-0.3, -0.25) is 4.79 Å². The van der Waals surface area contributed by atoms with Crippen LogP contribution in [0.1, 0.15) is 25.3 Å². The van der Waals surface area contributed by atoms with E-state index in [9.17, 15) is 9.18 Å². The topological polar surface area (TPSA) is 23.6 Å². The van der Waals surface area contributed by atoms with E-state index in [2.05, 4.69) is 29.2 Å². The number of rotatable bonds is 6. The predicted molar refractivity (Wildman–Crippen MR) is 104 cm³/mol. The van der Waals surface area contributed by atoms with Crippen LogP contribution in [0, 0.1) is 0 Å². The Kier molecular flexibility index (Phi) is 6.40. The lowest BCUT2D eigenvalue weighted by molar-refractivity contribution is -0.123. The van der Waals surface area contributed by atoms with E-state index in [4.69, 9.17) is 0 Å². The Bertz CT molecular complexity index is 682. The third-order valence-corrected chi connectivity index (χ3v) is 5.09. The van der Waals surface area contributed by atoms with Gasteiger partial charge in [-0.25, -0.2) is 4.39 Å². The van der Waals surface area contributed by atoms with Crippen molar-refractivity contribution in [2.45, 2.75) is 38.4 Å². The molecule has 0 bridgehead atoms. The summed E-state index contributed by atoms with van der Waals surface area (Å²) in [5.41, 5.74) is 2.15. The Morgan fingerprint density at radius 2 is 1.65 bits per heavy atom. The normalized spacial score (nSPS) is 17.0. The summed E-state index contributed by atoms with van der Waals surface area (Å²) < 4.78 is 13.8. The average Bonchev–Trinajstić information content (AvgIpc) is 2.69. The first kappa shape index (κ1) is 18.6. The molecule has 26 heavy (non-hydrogen) atoms. The molecule has 1 unspecified atom stereocenters. The molecule has 0 aromatic heterocycles. The molecule has 2 aromatic carbocycles. The number of anilines is 1. The molecule has 0 radical (unpaired) electrons. The van der Waals surface area contributed by atoms with Crippen molar-refractivity contribution in [1.29, 1.82) is 0 Å². The van der Waals surface area contributed by atoms with Gasteiger partial charge in [0.25, 0.3) is 5.91 Å². The molecule has 0 N–H and O–H groups in total. The van der Waals surface area contributed by atoms with Crippen molar-refractivity contribution in [2.24, 2.45) is 0 Å². The summed E-state index contributed by atoms with van der Waals surface area (Å²) in [4.78, 5) is 16.6. The van der Waals surface area contributed by atoms with Crippen LogP contribution in [0.3, 0.4) is 0 Å². The quantitative estimate of drug-likeness (QED) is 0.781. The second kappa shape index (κ2) is 8.95. The van der Waals surface area contributed by atoms with E-state index in [1.807, 2.05) is 36.4 Å². The third-order valence-electron chi connectivity index (χ3n) is 5.09. The van der Waals surface area contributed by atoms with Gasteiger partial charge in [0.1, 0.15) is 0 Å². The maximum Gasteiger partial charge on any atom is 0.261 e. The van der Waals surface area contributed by atoms with Crippen LogP contribution in [0.25, 0.3) is 0 Å². The number of carbonyl (C=O) groups is 1. The van der Waals surface area contributed by atoms with Gasteiger partial charge in [-0.2, -0.15) is 0 Å². The number of piperidine rings is 1. The summed E-state index contributed by atoms with van der Waals surface area (Å²) in [6, 6.07) is 20.1. The zero-order chi connectivity index (χ0) is 18.4. The van der Waals surface area contributed by atoms with Crippen LogP contribution in [0.5, 0.6) is 0 Å². The van der Waals surface area contributed by atoms with E-state index < -0.39 is 12.1 Å². The lowest BCUT2D eigenvalue weighted by Gasteiger charge is -2.39. The van der Waals surface area contributed by atoms with Crippen LogP contribution in [0.4, 0.5) is 10.1 Å². The number of benzene rings is 2. The molecule has 0 aliphatic carbocycles. The molecule has 1 amide bonds. The van der Waals surface area contributed by atoms with Gasteiger partial charge in [-0.05, 0) is 43.9 Å². The van der Waals surface area contributed by atoms with E-state index in [0.717, 1.165) is 44.6 Å². The Balaban J connectivity index is 1.60. The van der Waals surface area contributed by atoms with Crippen LogP contribution >= 0.6 is 0 Å². The van der Waals surface area contributed by atoms with Gasteiger partial charge in [0.2, 0.25) is 0 Å². The SMILES string of the molecule is CC([18F])C(=O)N(c1ccccc1)C1CCN(CCc2ccccc2)CC1. The van der Waals surface area contributed by atoms with Gasteiger partial charge in [-0.1, -0.05) is 48.5 Å². The minimum atomic E-state index is -1.48. The molecule has 1 heterocycles. The van der Waals surface area contributed by atoms with Crippen LogP contribution in [-0.4, -0.2) is 42.7 Å². The molecule has 2 aromatic rings. The highest BCUT2D eigenvalue weighted by molar-refractivity contribution is 5.96.